The zero-order chi connectivity index (χ0) is 22.8. The maximum Gasteiger partial charge on any atom is 0.276 e. The Morgan fingerprint density at radius 2 is 1.76 bits per heavy atom. The second-order valence-corrected chi connectivity index (χ2v) is 8.06. The number of fused-ring (bicyclic) bond motifs is 1. The van der Waals surface area contributed by atoms with Crippen LogP contribution in [0.4, 0.5) is 11.4 Å². The smallest absolute Gasteiger partial charge is 0.276 e. The van der Waals surface area contributed by atoms with Crippen LogP contribution in [0, 0.1) is 0 Å². The van der Waals surface area contributed by atoms with Gasteiger partial charge in [-0.1, -0.05) is 24.3 Å². The predicted octanol–water partition coefficient (Wildman–Crippen LogP) is 4.01. The molecule has 1 atom stereocenters. The molecule has 5 rings (SSSR count). The number of hydrogen-bond acceptors (Lipinski definition) is 4. The maximum absolute atomic E-state index is 13.1. The molecular formula is C25H24N6O2. The van der Waals surface area contributed by atoms with Crippen molar-refractivity contribution in [3.8, 4) is 5.69 Å². The van der Waals surface area contributed by atoms with Crippen molar-refractivity contribution in [2.75, 3.05) is 10.6 Å². The van der Waals surface area contributed by atoms with Crippen molar-refractivity contribution in [1.82, 2.24) is 19.6 Å². The van der Waals surface area contributed by atoms with Crippen molar-refractivity contribution in [2.45, 2.75) is 32.2 Å². The number of carbonyl (C=O) groups is 2. The van der Waals surface area contributed by atoms with E-state index in [9.17, 15) is 9.59 Å². The van der Waals surface area contributed by atoms with E-state index < -0.39 is 6.04 Å². The Labute approximate surface area is 191 Å². The van der Waals surface area contributed by atoms with Crippen molar-refractivity contribution in [3.05, 3.63) is 90.0 Å². The fraction of sp³-hybridized carbons (Fsp3) is 0.200. The number of hydrogen-bond donors (Lipinski definition) is 2. The van der Waals surface area contributed by atoms with Gasteiger partial charge in [-0.25, -0.2) is 4.68 Å². The molecule has 2 heterocycles. The third-order valence-corrected chi connectivity index (χ3v) is 5.84. The number of amides is 2. The highest BCUT2D eigenvalue weighted by atomic mass is 16.2. The van der Waals surface area contributed by atoms with Gasteiger partial charge in [-0.3, -0.25) is 14.3 Å². The molecule has 0 saturated carbocycles. The van der Waals surface area contributed by atoms with E-state index in [0.29, 0.717) is 17.1 Å². The van der Waals surface area contributed by atoms with E-state index >= 15 is 0 Å². The quantitative estimate of drug-likeness (QED) is 0.474. The molecule has 0 bridgehead atoms. The molecule has 0 fully saturated rings. The van der Waals surface area contributed by atoms with Crippen LogP contribution < -0.4 is 10.6 Å². The molecule has 1 aliphatic rings. The van der Waals surface area contributed by atoms with Gasteiger partial charge in [0.1, 0.15) is 6.04 Å². The second-order valence-electron chi connectivity index (χ2n) is 8.06. The Morgan fingerprint density at radius 1 is 0.970 bits per heavy atom. The number of nitrogens with one attached hydrogen (secondary N) is 2. The summed E-state index contributed by atoms with van der Waals surface area (Å²) in [5.74, 6) is -0.446. The molecule has 0 saturated heterocycles. The van der Waals surface area contributed by atoms with Gasteiger partial charge in [-0.2, -0.15) is 10.2 Å². The van der Waals surface area contributed by atoms with E-state index in [2.05, 4.69) is 20.8 Å². The molecule has 2 aromatic heterocycles. The third kappa shape index (κ3) is 4.15. The van der Waals surface area contributed by atoms with Crippen LogP contribution in [0.5, 0.6) is 0 Å². The molecule has 2 N–H and O–H groups in total. The van der Waals surface area contributed by atoms with Crippen molar-refractivity contribution in [2.24, 2.45) is 0 Å². The summed E-state index contributed by atoms with van der Waals surface area (Å²) in [5.41, 5.74) is 4.69. The van der Waals surface area contributed by atoms with Gasteiger partial charge in [0.25, 0.3) is 5.91 Å². The topological polar surface area (TPSA) is 93.8 Å². The summed E-state index contributed by atoms with van der Waals surface area (Å²) in [5, 5.41) is 14.6. The van der Waals surface area contributed by atoms with Crippen molar-refractivity contribution < 1.29 is 9.59 Å². The fourth-order valence-electron chi connectivity index (χ4n) is 4.14. The monoisotopic (exact) mass is 440 g/mol. The highest BCUT2D eigenvalue weighted by Gasteiger charge is 2.27. The third-order valence-electron chi connectivity index (χ3n) is 5.84. The minimum atomic E-state index is -0.456. The molecule has 2 amide bonds. The van der Waals surface area contributed by atoms with E-state index in [1.807, 2.05) is 35.0 Å². The van der Waals surface area contributed by atoms with E-state index in [0.717, 1.165) is 36.2 Å². The van der Waals surface area contributed by atoms with Gasteiger partial charge in [-0.05, 0) is 62.6 Å². The lowest BCUT2D eigenvalue weighted by molar-refractivity contribution is -0.119. The molecule has 0 spiro atoms. The van der Waals surface area contributed by atoms with Crippen molar-refractivity contribution in [1.29, 1.82) is 0 Å². The van der Waals surface area contributed by atoms with Crippen molar-refractivity contribution >= 4 is 23.2 Å². The summed E-state index contributed by atoms with van der Waals surface area (Å²) in [6.07, 6.45) is 6.13. The Balaban J connectivity index is 1.33. The van der Waals surface area contributed by atoms with Gasteiger partial charge in [-0.15, -0.1) is 0 Å². The summed E-state index contributed by atoms with van der Waals surface area (Å²) < 4.78 is 3.47. The minimum Gasteiger partial charge on any atom is -0.324 e. The van der Waals surface area contributed by atoms with E-state index in [4.69, 9.17) is 0 Å². The first-order chi connectivity index (χ1) is 16.1. The largest absolute Gasteiger partial charge is 0.324 e. The van der Waals surface area contributed by atoms with Crippen LogP contribution in [0.25, 0.3) is 5.69 Å². The lowest BCUT2D eigenvalue weighted by Gasteiger charge is -2.13. The van der Waals surface area contributed by atoms with Gasteiger partial charge >= 0.3 is 0 Å². The molecule has 0 radical (unpaired) electrons. The van der Waals surface area contributed by atoms with Crippen LogP contribution in [0.3, 0.4) is 0 Å². The number of aromatic nitrogens is 4. The number of rotatable bonds is 6. The van der Waals surface area contributed by atoms with Crippen LogP contribution in [-0.4, -0.2) is 31.4 Å². The highest BCUT2D eigenvalue weighted by molar-refractivity contribution is 6.04. The number of carbonyl (C=O) groups excluding carboxylic acids is 2. The van der Waals surface area contributed by atoms with Gasteiger partial charge in [0.05, 0.1) is 5.69 Å². The fourth-order valence-corrected chi connectivity index (χ4v) is 4.14. The molecule has 8 nitrogen and oxygen atoms in total. The van der Waals surface area contributed by atoms with E-state index in [1.165, 1.54) is 0 Å². The maximum atomic E-state index is 13.1. The van der Waals surface area contributed by atoms with Crippen LogP contribution in [0.1, 0.15) is 41.1 Å². The number of para-hydroxylation sites is 1. The molecule has 8 heteroatoms. The molecule has 33 heavy (non-hydrogen) atoms. The average molecular weight is 441 g/mol. The predicted molar refractivity (Wildman–Crippen MR) is 126 cm³/mol. The Kier molecular flexibility index (Phi) is 5.48. The average Bonchev–Trinajstić information content (AvgIpc) is 3.57. The van der Waals surface area contributed by atoms with Gasteiger partial charge in [0.15, 0.2) is 5.69 Å². The molecular weight excluding hydrogens is 416 g/mol. The van der Waals surface area contributed by atoms with Gasteiger partial charge < -0.3 is 10.6 Å². The zero-order valence-electron chi connectivity index (χ0n) is 18.2. The van der Waals surface area contributed by atoms with Gasteiger partial charge in [0, 0.05) is 35.0 Å². The summed E-state index contributed by atoms with van der Waals surface area (Å²) in [6, 6.07) is 18.3. The summed E-state index contributed by atoms with van der Waals surface area (Å²) in [7, 11) is 0. The number of anilines is 2. The molecule has 2 aromatic carbocycles. The van der Waals surface area contributed by atoms with Gasteiger partial charge in [0.2, 0.25) is 5.91 Å². The first kappa shape index (κ1) is 20.7. The molecule has 0 aliphatic heterocycles. The van der Waals surface area contributed by atoms with Crippen LogP contribution in [0.2, 0.25) is 0 Å². The Morgan fingerprint density at radius 3 is 2.52 bits per heavy atom. The van der Waals surface area contributed by atoms with E-state index in [1.54, 1.807) is 54.3 Å². The first-order valence-electron chi connectivity index (χ1n) is 11.0. The zero-order valence-corrected chi connectivity index (χ0v) is 18.2. The number of benzene rings is 2. The van der Waals surface area contributed by atoms with Crippen LogP contribution in [0.15, 0.2) is 73.1 Å². The minimum absolute atomic E-state index is 0.193. The molecule has 4 aromatic rings. The van der Waals surface area contributed by atoms with Crippen LogP contribution in [-0.2, 0) is 17.6 Å². The lowest BCUT2D eigenvalue weighted by Crippen LogP contribution is -2.24. The Bertz CT molecular complexity index is 1290. The molecule has 166 valence electrons. The second kappa shape index (κ2) is 8.74. The standard InChI is InChI=1S/C25H24N6O2/c1-17(30-15-7-14-26-30)24(32)27-18-8-5-9-19(16-18)28-25(33)23-21-12-6-13-22(21)31(29-23)20-10-3-2-4-11-20/h2-5,7-11,14-17H,6,12-13H2,1H3,(H,27,32)(H,28,33). The van der Waals surface area contributed by atoms with Crippen LogP contribution >= 0.6 is 0 Å². The highest BCUT2D eigenvalue weighted by Crippen LogP contribution is 2.28. The summed E-state index contributed by atoms with van der Waals surface area (Å²) in [4.78, 5) is 25.7. The first-order valence-corrected chi connectivity index (χ1v) is 11.0. The number of nitrogens with zero attached hydrogens (tertiary/aromatic N) is 4. The molecule has 1 aliphatic carbocycles. The normalized spacial score (nSPS) is 13.4. The lowest BCUT2D eigenvalue weighted by atomic mass is 10.2. The summed E-state index contributed by atoms with van der Waals surface area (Å²) in [6.45, 7) is 1.78. The van der Waals surface area contributed by atoms with Crippen molar-refractivity contribution in [3.63, 3.8) is 0 Å². The van der Waals surface area contributed by atoms with E-state index in [-0.39, 0.29) is 11.8 Å². The summed E-state index contributed by atoms with van der Waals surface area (Å²) >= 11 is 0. The Hall–Kier alpha value is -4.20. The SMILES string of the molecule is CC(C(=O)Nc1cccc(NC(=O)c2nn(-c3ccccc3)c3c2CCC3)c1)n1cccn1. The molecule has 1 unspecified atom stereocenters.